The largest absolute Gasteiger partial charge is 0.388 e. The Morgan fingerprint density at radius 2 is 2.19 bits per heavy atom. The number of thiazole rings is 1. The Labute approximate surface area is 107 Å². The second kappa shape index (κ2) is 5.15. The molecule has 1 aromatic heterocycles. The third-order valence-electron chi connectivity index (χ3n) is 2.17. The van der Waals surface area contributed by atoms with Crippen LogP contribution in [0.15, 0.2) is 29.8 Å². The maximum atomic E-state index is 10.0. The van der Waals surface area contributed by atoms with Crippen LogP contribution in [-0.2, 0) is 6.42 Å². The highest BCUT2D eigenvalue weighted by Crippen LogP contribution is 2.28. The molecule has 1 N–H and O–H groups in total. The Bertz CT molecular complexity index is 473. The zero-order chi connectivity index (χ0) is 11.5. The van der Waals surface area contributed by atoms with Gasteiger partial charge in [-0.3, -0.25) is 0 Å². The van der Waals surface area contributed by atoms with Gasteiger partial charge in [0.1, 0.15) is 0 Å². The van der Waals surface area contributed by atoms with Gasteiger partial charge in [-0.25, -0.2) is 4.98 Å². The Kier molecular flexibility index (Phi) is 3.82. The summed E-state index contributed by atoms with van der Waals surface area (Å²) in [6.07, 6.45) is 1.55. The van der Waals surface area contributed by atoms with Crippen molar-refractivity contribution in [2.75, 3.05) is 0 Å². The van der Waals surface area contributed by atoms with Crippen LogP contribution in [0.1, 0.15) is 16.7 Å². The number of halogens is 2. The lowest BCUT2D eigenvalue weighted by Crippen LogP contribution is -2.02. The number of benzene rings is 1. The van der Waals surface area contributed by atoms with Crippen LogP contribution in [0, 0.1) is 0 Å². The molecule has 0 aliphatic heterocycles. The molecule has 1 atom stereocenters. The van der Waals surface area contributed by atoms with Gasteiger partial charge in [0.25, 0.3) is 0 Å². The fourth-order valence-corrected chi connectivity index (χ4v) is 2.59. The maximum Gasteiger partial charge on any atom is 0.0954 e. The molecule has 1 aromatic carbocycles. The summed E-state index contributed by atoms with van der Waals surface area (Å²) in [5.74, 6) is 0. The fourth-order valence-electron chi connectivity index (χ4n) is 1.40. The number of nitrogens with zero attached hydrogens (tertiary/aromatic N) is 1. The van der Waals surface area contributed by atoms with Crippen molar-refractivity contribution in [3.63, 3.8) is 0 Å². The van der Waals surface area contributed by atoms with Gasteiger partial charge >= 0.3 is 0 Å². The van der Waals surface area contributed by atoms with Crippen LogP contribution >= 0.6 is 34.5 Å². The van der Waals surface area contributed by atoms with E-state index < -0.39 is 6.10 Å². The standard InChI is InChI=1S/C11H9Cl2NOS/c12-7-1-2-8(9(13)5-7)10(15)6-11-14-3-4-16-11/h1-5,10,15H,6H2. The molecule has 0 bridgehead atoms. The van der Waals surface area contributed by atoms with Crippen molar-refractivity contribution in [1.29, 1.82) is 0 Å². The first-order chi connectivity index (χ1) is 7.66. The van der Waals surface area contributed by atoms with Gasteiger partial charge < -0.3 is 5.11 Å². The van der Waals surface area contributed by atoms with Gasteiger partial charge in [-0.2, -0.15) is 0 Å². The topological polar surface area (TPSA) is 33.1 Å². The number of rotatable bonds is 3. The average molecular weight is 274 g/mol. The highest BCUT2D eigenvalue weighted by molar-refractivity contribution is 7.09. The number of hydrogen-bond donors (Lipinski definition) is 1. The normalized spacial score (nSPS) is 12.7. The molecule has 0 saturated carbocycles. The zero-order valence-corrected chi connectivity index (χ0v) is 10.6. The summed E-state index contributed by atoms with van der Waals surface area (Å²) < 4.78 is 0. The van der Waals surface area contributed by atoms with Gasteiger partial charge in [0, 0.05) is 28.0 Å². The Hall–Kier alpha value is -0.610. The van der Waals surface area contributed by atoms with Crippen LogP contribution < -0.4 is 0 Å². The predicted molar refractivity (Wildman–Crippen MR) is 67.2 cm³/mol. The van der Waals surface area contributed by atoms with Crippen molar-refractivity contribution in [2.24, 2.45) is 0 Å². The molecule has 0 aliphatic carbocycles. The number of hydrogen-bond acceptors (Lipinski definition) is 3. The Morgan fingerprint density at radius 1 is 1.38 bits per heavy atom. The minimum Gasteiger partial charge on any atom is -0.388 e. The number of aliphatic hydroxyl groups is 1. The molecule has 5 heteroatoms. The monoisotopic (exact) mass is 273 g/mol. The van der Waals surface area contributed by atoms with Crippen LogP contribution in [0.3, 0.4) is 0 Å². The van der Waals surface area contributed by atoms with Crippen molar-refractivity contribution in [3.05, 3.63) is 50.4 Å². The molecule has 2 rings (SSSR count). The average Bonchev–Trinajstić information content (AvgIpc) is 2.70. The third kappa shape index (κ3) is 2.74. The Balaban J connectivity index is 2.17. The summed E-state index contributed by atoms with van der Waals surface area (Å²) in [6.45, 7) is 0. The summed E-state index contributed by atoms with van der Waals surface area (Å²) in [6, 6.07) is 5.08. The molecule has 0 saturated heterocycles. The smallest absolute Gasteiger partial charge is 0.0954 e. The summed E-state index contributed by atoms with van der Waals surface area (Å²) in [4.78, 5) is 4.12. The van der Waals surface area contributed by atoms with E-state index in [0.29, 0.717) is 22.0 Å². The summed E-state index contributed by atoms with van der Waals surface area (Å²) in [5.41, 5.74) is 0.682. The van der Waals surface area contributed by atoms with Gasteiger partial charge in [-0.15, -0.1) is 11.3 Å². The number of aromatic nitrogens is 1. The molecule has 1 heterocycles. The van der Waals surface area contributed by atoms with Crippen molar-refractivity contribution in [3.8, 4) is 0 Å². The molecule has 84 valence electrons. The first-order valence-electron chi connectivity index (χ1n) is 4.68. The number of aliphatic hydroxyl groups excluding tert-OH is 1. The van der Waals surface area contributed by atoms with Gasteiger partial charge in [0.15, 0.2) is 0 Å². The molecule has 0 aliphatic rings. The van der Waals surface area contributed by atoms with Crippen molar-refractivity contribution in [2.45, 2.75) is 12.5 Å². The molecule has 1 unspecified atom stereocenters. The van der Waals surface area contributed by atoms with E-state index in [1.54, 1.807) is 24.4 Å². The van der Waals surface area contributed by atoms with Crippen molar-refractivity contribution < 1.29 is 5.11 Å². The van der Waals surface area contributed by atoms with Crippen LogP contribution in [0.4, 0.5) is 0 Å². The van der Waals surface area contributed by atoms with Crippen LogP contribution in [-0.4, -0.2) is 10.1 Å². The molecule has 0 amide bonds. The van der Waals surface area contributed by atoms with E-state index >= 15 is 0 Å². The van der Waals surface area contributed by atoms with Crippen LogP contribution in [0.5, 0.6) is 0 Å². The molecular weight excluding hydrogens is 265 g/mol. The van der Waals surface area contributed by atoms with Crippen molar-refractivity contribution >= 4 is 34.5 Å². The van der Waals surface area contributed by atoms with Crippen LogP contribution in [0.2, 0.25) is 10.0 Å². The fraction of sp³-hybridized carbons (Fsp3) is 0.182. The summed E-state index contributed by atoms with van der Waals surface area (Å²) in [5, 5.41) is 13.8. The maximum absolute atomic E-state index is 10.0. The highest BCUT2D eigenvalue weighted by Gasteiger charge is 2.13. The first-order valence-corrected chi connectivity index (χ1v) is 6.32. The SMILES string of the molecule is OC(Cc1nccs1)c1ccc(Cl)cc1Cl. The van der Waals surface area contributed by atoms with Gasteiger partial charge in [0.05, 0.1) is 11.1 Å². The molecule has 0 spiro atoms. The molecule has 0 radical (unpaired) electrons. The van der Waals surface area contributed by atoms with E-state index in [2.05, 4.69) is 4.98 Å². The second-order valence-electron chi connectivity index (χ2n) is 3.31. The predicted octanol–water partition coefficient (Wildman–Crippen LogP) is 3.73. The third-order valence-corrected chi connectivity index (χ3v) is 3.54. The first kappa shape index (κ1) is 11.9. The molecule has 0 fully saturated rings. The molecule has 16 heavy (non-hydrogen) atoms. The van der Waals surface area contributed by atoms with E-state index in [0.717, 1.165) is 5.01 Å². The van der Waals surface area contributed by atoms with Gasteiger partial charge in [-0.05, 0) is 17.7 Å². The van der Waals surface area contributed by atoms with Crippen LogP contribution in [0.25, 0.3) is 0 Å². The zero-order valence-electron chi connectivity index (χ0n) is 8.23. The molecule has 2 nitrogen and oxygen atoms in total. The lowest BCUT2D eigenvalue weighted by atomic mass is 10.1. The van der Waals surface area contributed by atoms with E-state index in [9.17, 15) is 5.11 Å². The summed E-state index contributed by atoms with van der Waals surface area (Å²) in [7, 11) is 0. The highest BCUT2D eigenvalue weighted by atomic mass is 35.5. The van der Waals surface area contributed by atoms with E-state index in [4.69, 9.17) is 23.2 Å². The summed E-state index contributed by atoms with van der Waals surface area (Å²) >= 11 is 13.3. The quantitative estimate of drug-likeness (QED) is 0.925. The van der Waals surface area contributed by atoms with E-state index in [1.807, 2.05) is 5.38 Å². The van der Waals surface area contributed by atoms with Gasteiger partial charge in [-0.1, -0.05) is 29.3 Å². The second-order valence-corrected chi connectivity index (χ2v) is 5.13. The van der Waals surface area contributed by atoms with Gasteiger partial charge in [0.2, 0.25) is 0 Å². The lowest BCUT2D eigenvalue weighted by molar-refractivity contribution is 0.178. The van der Waals surface area contributed by atoms with Crippen molar-refractivity contribution in [1.82, 2.24) is 4.98 Å². The molecular formula is C11H9Cl2NOS. The van der Waals surface area contributed by atoms with E-state index in [1.165, 1.54) is 11.3 Å². The minimum atomic E-state index is -0.643. The van der Waals surface area contributed by atoms with E-state index in [-0.39, 0.29) is 0 Å². The minimum absolute atomic E-state index is 0.471. The Morgan fingerprint density at radius 3 is 2.81 bits per heavy atom. The lowest BCUT2D eigenvalue weighted by Gasteiger charge is -2.11. The molecule has 2 aromatic rings.